The van der Waals surface area contributed by atoms with Crippen LogP contribution in [0, 0.1) is 5.41 Å². The summed E-state index contributed by atoms with van der Waals surface area (Å²) in [5, 5.41) is 3.29. The van der Waals surface area contributed by atoms with E-state index in [1.54, 1.807) is 12.1 Å². The molecule has 0 fully saturated rings. The lowest BCUT2D eigenvalue weighted by Gasteiger charge is -2.24. The fourth-order valence-electron chi connectivity index (χ4n) is 1.45. The summed E-state index contributed by atoms with van der Waals surface area (Å²) in [7, 11) is 1.37. The molecule has 0 aliphatic carbocycles. The molecule has 0 unspecified atom stereocenters. The summed E-state index contributed by atoms with van der Waals surface area (Å²) in [6.07, 6.45) is 1.06. The quantitative estimate of drug-likeness (QED) is 0.623. The average Bonchev–Trinajstić information content (AvgIpc) is 2.36. The summed E-state index contributed by atoms with van der Waals surface area (Å²) in [6, 6.07) is 5.22. The van der Waals surface area contributed by atoms with Crippen LogP contribution in [-0.2, 0) is 4.74 Å². The Labute approximate surface area is 109 Å². The van der Waals surface area contributed by atoms with Crippen molar-refractivity contribution in [3.63, 3.8) is 0 Å². The Hall–Kier alpha value is -1.71. The van der Waals surface area contributed by atoms with E-state index in [1.165, 1.54) is 7.11 Å². The highest BCUT2D eigenvalue weighted by Gasteiger charge is 2.17. The zero-order valence-electron chi connectivity index (χ0n) is 11.5. The molecule has 0 aliphatic rings. The molecule has 1 rings (SSSR count). The zero-order valence-corrected chi connectivity index (χ0v) is 11.5. The van der Waals surface area contributed by atoms with E-state index in [9.17, 15) is 4.79 Å². The molecule has 0 aliphatic heterocycles. The molecule has 0 saturated carbocycles. The molecule has 18 heavy (non-hydrogen) atoms. The van der Waals surface area contributed by atoms with Crippen LogP contribution in [-0.4, -0.2) is 19.6 Å². The summed E-state index contributed by atoms with van der Waals surface area (Å²) in [6.45, 7) is 7.29. The molecule has 0 radical (unpaired) electrons. The number of hydrogen-bond donors (Lipinski definition) is 2. The Morgan fingerprint density at radius 3 is 2.67 bits per heavy atom. The molecule has 0 aromatic heterocycles. The number of hydrogen-bond acceptors (Lipinski definition) is 4. The number of rotatable bonds is 5. The van der Waals surface area contributed by atoms with Crippen molar-refractivity contribution < 1.29 is 9.53 Å². The van der Waals surface area contributed by atoms with Gasteiger partial charge in [0.05, 0.1) is 12.7 Å². The van der Waals surface area contributed by atoms with Crippen molar-refractivity contribution in [1.29, 1.82) is 0 Å². The van der Waals surface area contributed by atoms with E-state index >= 15 is 0 Å². The van der Waals surface area contributed by atoms with Crippen molar-refractivity contribution in [2.75, 3.05) is 24.7 Å². The average molecular weight is 250 g/mol. The number of ether oxygens (including phenoxy) is 1. The van der Waals surface area contributed by atoms with Crippen LogP contribution in [0.15, 0.2) is 18.2 Å². The summed E-state index contributed by atoms with van der Waals surface area (Å²) in [4.78, 5) is 11.7. The van der Waals surface area contributed by atoms with Crippen molar-refractivity contribution in [1.82, 2.24) is 0 Å². The van der Waals surface area contributed by atoms with Gasteiger partial charge in [-0.2, -0.15) is 0 Å². The maximum absolute atomic E-state index is 11.7. The van der Waals surface area contributed by atoms with Crippen LogP contribution >= 0.6 is 0 Å². The Kier molecular flexibility index (Phi) is 4.59. The normalized spacial score (nSPS) is 11.1. The lowest BCUT2D eigenvalue weighted by atomic mass is 9.90. The van der Waals surface area contributed by atoms with E-state index in [-0.39, 0.29) is 11.4 Å². The van der Waals surface area contributed by atoms with Gasteiger partial charge >= 0.3 is 5.97 Å². The monoisotopic (exact) mass is 250 g/mol. The highest BCUT2D eigenvalue weighted by atomic mass is 16.5. The smallest absolute Gasteiger partial charge is 0.340 e. The summed E-state index contributed by atoms with van der Waals surface area (Å²) in [5.74, 6) is -0.376. The molecule has 4 heteroatoms. The van der Waals surface area contributed by atoms with Crippen LogP contribution in [0.1, 0.15) is 37.6 Å². The minimum absolute atomic E-state index is 0.175. The number of nitrogen functional groups attached to an aromatic ring is 1. The third-order valence-corrected chi connectivity index (χ3v) is 3.16. The van der Waals surface area contributed by atoms with Crippen molar-refractivity contribution >= 4 is 17.3 Å². The zero-order chi connectivity index (χ0) is 13.8. The van der Waals surface area contributed by atoms with Gasteiger partial charge < -0.3 is 15.8 Å². The van der Waals surface area contributed by atoms with Crippen molar-refractivity contribution in [3.8, 4) is 0 Å². The van der Waals surface area contributed by atoms with Gasteiger partial charge in [0.2, 0.25) is 0 Å². The van der Waals surface area contributed by atoms with Gasteiger partial charge in [0.1, 0.15) is 0 Å². The van der Waals surface area contributed by atoms with Crippen LogP contribution in [0.5, 0.6) is 0 Å². The van der Waals surface area contributed by atoms with Crippen molar-refractivity contribution in [2.45, 2.75) is 27.2 Å². The van der Waals surface area contributed by atoms with Gasteiger partial charge in [0.25, 0.3) is 0 Å². The summed E-state index contributed by atoms with van der Waals surface area (Å²) >= 11 is 0. The predicted molar refractivity (Wildman–Crippen MR) is 74.8 cm³/mol. The Bertz CT molecular complexity index is 428. The van der Waals surface area contributed by atoms with Gasteiger partial charge in [-0.3, -0.25) is 0 Å². The second kappa shape index (κ2) is 5.76. The minimum atomic E-state index is -0.376. The number of methoxy groups -OCH3 is 1. The van der Waals surface area contributed by atoms with E-state index in [4.69, 9.17) is 10.5 Å². The number of anilines is 2. The molecule has 0 amide bonds. The minimum Gasteiger partial charge on any atom is -0.465 e. The first-order valence-corrected chi connectivity index (χ1v) is 6.11. The lowest BCUT2D eigenvalue weighted by molar-refractivity contribution is 0.0602. The molecule has 1 aromatic carbocycles. The third-order valence-electron chi connectivity index (χ3n) is 3.16. The summed E-state index contributed by atoms with van der Waals surface area (Å²) in [5.41, 5.74) is 7.66. The number of esters is 1. The number of carbonyl (C=O) groups is 1. The first-order valence-electron chi connectivity index (χ1n) is 6.11. The molecule has 0 heterocycles. The highest BCUT2D eigenvalue weighted by Crippen LogP contribution is 2.24. The topological polar surface area (TPSA) is 64.3 Å². The first-order chi connectivity index (χ1) is 8.39. The van der Waals surface area contributed by atoms with E-state index in [2.05, 4.69) is 26.1 Å². The molecule has 0 bridgehead atoms. The third kappa shape index (κ3) is 3.65. The lowest BCUT2D eigenvalue weighted by Crippen LogP contribution is -2.23. The van der Waals surface area contributed by atoms with E-state index < -0.39 is 0 Å². The van der Waals surface area contributed by atoms with E-state index in [0.717, 1.165) is 18.7 Å². The molecule has 0 atom stereocenters. The standard InChI is InChI=1S/C14H22N2O2/c1-5-14(2,3)9-16-12-7-6-10(15)8-11(12)13(17)18-4/h6-8,16H,5,9,15H2,1-4H3. The largest absolute Gasteiger partial charge is 0.465 e. The molecular formula is C14H22N2O2. The van der Waals surface area contributed by atoms with Crippen molar-refractivity contribution in [3.05, 3.63) is 23.8 Å². The fraction of sp³-hybridized carbons (Fsp3) is 0.500. The SMILES string of the molecule is CCC(C)(C)CNc1ccc(N)cc1C(=O)OC. The van der Waals surface area contributed by atoms with E-state index in [1.807, 2.05) is 6.07 Å². The maximum atomic E-state index is 11.7. The number of carbonyl (C=O) groups excluding carboxylic acids is 1. The van der Waals surface area contributed by atoms with Gasteiger partial charge in [-0.15, -0.1) is 0 Å². The van der Waals surface area contributed by atoms with Gasteiger partial charge in [-0.25, -0.2) is 4.79 Å². The molecule has 3 N–H and O–H groups in total. The fourth-order valence-corrected chi connectivity index (χ4v) is 1.45. The Morgan fingerprint density at radius 2 is 2.11 bits per heavy atom. The molecule has 4 nitrogen and oxygen atoms in total. The van der Waals surface area contributed by atoms with Gasteiger partial charge in [-0.1, -0.05) is 20.8 Å². The van der Waals surface area contributed by atoms with Crippen molar-refractivity contribution in [2.24, 2.45) is 5.41 Å². The van der Waals surface area contributed by atoms with Crippen LogP contribution in [0.25, 0.3) is 0 Å². The van der Waals surface area contributed by atoms with Gasteiger partial charge in [-0.05, 0) is 30.0 Å². The van der Waals surface area contributed by atoms with E-state index in [0.29, 0.717) is 11.3 Å². The Balaban J connectivity index is 2.91. The molecule has 100 valence electrons. The van der Waals surface area contributed by atoms with Gasteiger partial charge in [0.15, 0.2) is 0 Å². The number of benzene rings is 1. The second-order valence-corrected chi connectivity index (χ2v) is 5.17. The van der Waals surface area contributed by atoms with Crippen LogP contribution in [0.2, 0.25) is 0 Å². The molecule has 0 spiro atoms. The molecular weight excluding hydrogens is 228 g/mol. The molecule has 1 aromatic rings. The summed E-state index contributed by atoms with van der Waals surface area (Å²) < 4.78 is 4.76. The van der Waals surface area contributed by atoms with Crippen LogP contribution in [0.4, 0.5) is 11.4 Å². The van der Waals surface area contributed by atoms with Crippen LogP contribution in [0.3, 0.4) is 0 Å². The number of nitrogens with two attached hydrogens (primary N) is 1. The predicted octanol–water partition coefficient (Wildman–Crippen LogP) is 2.90. The first kappa shape index (κ1) is 14.4. The highest BCUT2D eigenvalue weighted by molar-refractivity contribution is 5.96. The number of nitrogens with one attached hydrogen (secondary N) is 1. The second-order valence-electron chi connectivity index (χ2n) is 5.17. The Morgan fingerprint density at radius 1 is 1.44 bits per heavy atom. The van der Waals surface area contributed by atoms with Crippen LogP contribution < -0.4 is 11.1 Å². The van der Waals surface area contributed by atoms with Gasteiger partial charge in [0, 0.05) is 17.9 Å². The maximum Gasteiger partial charge on any atom is 0.340 e. The molecule has 0 saturated heterocycles.